The maximum atomic E-state index is 12.1. The molecule has 0 radical (unpaired) electrons. The van der Waals surface area contributed by atoms with Gasteiger partial charge in [0.25, 0.3) is 0 Å². The third kappa shape index (κ3) is 5.31. The molecule has 1 aliphatic heterocycles. The highest BCUT2D eigenvalue weighted by molar-refractivity contribution is 5.67. The van der Waals surface area contributed by atoms with Crippen molar-refractivity contribution in [2.75, 3.05) is 52.9 Å². The second-order valence-electron chi connectivity index (χ2n) is 5.75. The van der Waals surface area contributed by atoms with E-state index in [1.54, 1.807) is 4.90 Å². The number of amides is 1. The molecule has 0 bridgehead atoms. The van der Waals surface area contributed by atoms with Crippen LogP contribution < -0.4 is 0 Å². The minimum absolute atomic E-state index is 0.222. The molecule has 1 fully saturated rings. The van der Waals surface area contributed by atoms with Gasteiger partial charge < -0.3 is 14.5 Å². The molecule has 1 aliphatic rings. The molecule has 0 aromatic heterocycles. The van der Waals surface area contributed by atoms with Crippen LogP contribution in [0.15, 0.2) is 30.3 Å². The summed E-state index contributed by atoms with van der Waals surface area (Å²) in [7, 11) is 2.15. The molecule has 1 aromatic rings. The molecule has 0 N–H and O–H groups in total. The Hall–Kier alpha value is -1.59. The van der Waals surface area contributed by atoms with Crippen LogP contribution in [0.4, 0.5) is 4.79 Å². The van der Waals surface area contributed by atoms with E-state index < -0.39 is 0 Å². The predicted octanol–water partition coefficient (Wildman–Crippen LogP) is 1.89. The number of rotatable bonds is 6. The first-order valence-corrected chi connectivity index (χ1v) is 8.05. The van der Waals surface area contributed by atoms with Crippen molar-refractivity contribution >= 4 is 6.09 Å². The van der Waals surface area contributed by atoms with Crippen LogP contribution in [0.1, 0.15) is 12.5 Å². The Morgan fingerprint density at radius 1 is 1.18 bits per heavy atom. The van der Waals surface area contributed by atoms with Gasteiger partial charge >= 0.3 is 6.09 Å². The van der Waals surface area contributed by atoms with Crippen LogP contribution in [0.2, 0.25) is 0 Å². The first-order chi connectivity index (χ1) is 10.7. The molecule has 0 spiro atoms. The van der Waals surface area contributed by atoms with Gasteiger partial charge in [0.05, 0.1) is 6.61 Å². The third-order valence-corrected chi connectivity index (χ3v) is 4.02. The zero-order valence-corrected chi connectivity index (χ0v) is 13.7. The quantitative estimate of drug-likeness (QED) is 0.804. The van der Waals surface area contributed by atoms with Crippen LogP contribution in [0, 0.1) is 0 Å². The maximum Gasteiger partial charge on any atom is 0.410 e. The average Bonchev–Trinajstić information content (AvgIpc) is 2.54. The maximum absolute atomic E-state index is 12.1. The molecule has 1 amide bonds. The summed E-state index contributed by atoms with van der Waals surface area (Å²) in [6.07, 6.45) is -0.222. The van der Waals surface area contributed by atoms with Crippen molar-refractivity contribution in [2.24, 2.45) is 0 Å². The Morgan fingerprint density at radius 2 is 1.86 bits per heavy atom. The molecule has 5 nitrogen and oxygen atoms in total. The number of piperazine rings is 1. The number of ether oxygens (including phenoxy) is 1. The number of likely N-dealkylation sites (N-methyl/N-ethyl adjacent to an activating group) is 1. The van der Waals surface area contributed by atoms with Gasteiger partial charge in [0.1, 0.15) is 0 Å². The lowest BCUT2D eigenvalue weighted by Gasteiger charge is -2.33. The van der Waals surface area contributed by atoms with Gasteiger partial charge in [-0.05, 0) is 19.5 Å². The summed E-state index contributed by atoms with van der Waals surface area (Å²) in [5.41, 5.74) is 1.13. The fraction of sp³-hybridized carbons (Fsp3) is 0.588. The number of carbonyl (C=O) groups excluding carboxylic acids is 1. The van der Waals surface area contributed by atoms with E-state index in [9.17, 15) is 4.79 Å². The van der Waals surface area contributed by atoms with Gasteiger partial charge in [-0.3, -0.25) is 4.90 Å². The smallest absolute Gasteiger partial charge is 0.410 e. The fourth-order valence-electron chi connectivity index (χ4n) is 2.59. The number of benzene rings is 1. The van der Waals surface area contributed by atoms with Gasteiger partial charge in [-0.15, -0.1) is 0 Å². The summed E-state index contributed by atoms with van der Waals surface area (Å²) in [4.78, 5) is 18.7. The van der Waals surface area contributed by atoms with Crippen LogP contribution in [-0.2, 0) is 11.3 Å². The molecule has 122 valence electrons. The number of carbonyl (C=O) groups is 1. The van der Waals surface area contributed by atoms with Gasteiger partial charge in [-0.1, -0.05) is 30.3 Å². The van der Waals surface area contributed by atoms with Gasteiger partial charge in [0, 0.05) is 45.8 Å². The summed E-state index contributed by atoms with van der Waals surface area (Å²) < 4.78 is 5.19. The van der Waals surface area contributed by atoms with Crippen molar-refractivity contribution in [1.82, 2.24) is 14.7 Å². The molecule has 2 rings (SSSR count). The zero-order valence-electron chi connectivity index (χ0n) is 13.7. The second-order valence-corrected chi connectivity index (χ2v) is 5.75. The van der Waals surface area contributed by atoms with Gasteiger partial charge in [-0.2, -0.15) is 0 Å². The summed E-state index contributed by atoms with van der Waals surface area (Å²) in [6, 6.07) is 10.1. The first-order valence-electron chi connectivity index (χ1n) is 8.05. The van der Waals surface area contributed by atoms with Crippen molar-refractivity contribution < 1.29 is 9.53 Å². The highest BCUT2D eigenvalue weighted by Crippen LogP contribution is 2.07. The monoisotopic (exact) mass is 305 g/mol. The number of hydrogen-bond donors (Lipinski definition) is 0. The Kier molecular flexibility index (Phi) is 6.68. The lowest BCUT2D eigenvalue weighted by molar-refractivity contribution is 0.0917. The average molecular weight is 305 g/mol. The Bertz CT molecular complexity index is 444. The van der Waals surface area contributed by atoms with Gasteiger partial charge in [0.2, 0.25) is 0 Å². The van der Waals surface area contributed by atoms with E-state index in [1.807, 2.05) is 37.3 Å². The zero-order chi connectivity index (χ0) is 15.8. The normalized spacial score (nSPS) is 16.5. The van der Waals surface area contributed by atoms with Crippen LogP contribution >= 0.6 is 0 Å². The molecule has 0 atom stereocenters. The summed E-state index contributed by atoms with van der Waals surface area (Å²) >= 11 is 0. The second kappa shape index (κ2) is 8.76. The molecule has 1 saturated heterocycles. The number of nitrogens with zero attached hydrogens (tertiary/aromatic N) is 3. The fourth-order valence-corrected chi connectivity index (χ4v) is 2.59. The summed E-state index contributed by atoms with van der Waals surface area (Å²) in [6.45, 7) is 8.80. The molecule has 0 saturated carbocycles. The van der Waals surface area contributed by atoms with E-state index in [-0.39, 0.29) is 6.09 Å². The Balaban J connectivity index is 1.88. The van der Waals surface area contributed by atoms with E-state index in [2.05, 4.69) is 16.8 Å². The van der Waals surface area contributed by atoms with Gasteiger partial charge in [0.15, 0.2) is 0 Å². The van der Waals surface area contributed by atoms with Crippen molar-refractivity contribution in [2.45, 2.75) is 13.5 Å². The molecule has 0 aliphatic carbocycles. The van der Waals surface area contributed by atoms with Crippen molar-refractivity contribution in [3.05, 3.63) is 35.9 Å². The van der Waals surface area contributed by atoms with Crippen LogP contribution in [0.3, 0.4) is 0 Å². The summed E-state index contributed by atoms with van der Waals surface area (Å²) in [5.74, 6) is 0. The topological polar surface area (TPSA) is 36.0 Å². The highest BCUT2D eigenvalue weighted by atomic mass is 16.6. The molecule has 1 aromatic carbocycles. The highest BCUT2D eigenvalue weighted by Gasteiger charge is 2.18. The van der Waals surface area contributed by atoms with Crippen LogP contribution in [0.25, 0.3) is 0 Å². The van der Waals surface area contributed by atoms with Gasteiger partial charge in [-0.25, -0.2) is 4.79 Å². The predicted molar refractivity (Wildman–Crippen MR) is 87.8 cm³/mol. The molecule has 1 heterocycles. The minimum Gasteiger partial charge on any atom is -0.450 e. The Labute approximate surface area is 133 Å². The molecule has 0 unspecified atom stereocenters. The lowest BCUT2D eigenvalue weighted by atomic mass is 10.2. The number of hydrogen-bond acceptors (Lipinski definition) is 4. The molecule has 22 heavy (non-hydrogen) atoms. The van der Waals surface area contributed by atoms with E-state index in [4.69, 9.17) is 4.74 Å². The third-order valence-electron chi connectivity index (χ3n) is 4.02. The lowest BCUT2D eigenvalue weighted by Crippen LogP contribution is -2.47. The summed E-state index contributed by atoms with van der Waals surface area (Å²) in [5, 5.41) is 0. The van der Waals surface area contributed by atoms with Crippen molar-refractivity contribution in [3.8, 4) is 0 Å². The van der Waals surface area contributed by atoms with Crippen LogP contribution in [-0.4, -0.2) is 73.7 Å². The Morgan fingerprint density at radius 3 is 2.50 bits per heavy atom. The van der Waals surface area contributed by atoms with Crippen molar-refractivity contribution in [1.29, 1.82) is 0 Å². The largest absolute Gasteiger partial charge is 0.450 e. The van der Waals surface area contributed by atoms with E-state index in [1.165, 1.54) is 0 Å². The SMILES string of the molecule is CCOC(=O)N(CCN1CCN(C)CC1)Cc1ccccc1. The first kappa shape index (κ1) is 16.8. The van der Waals surface area contributed by atoms with Crippen LogP contribution in [0.5, 0.6) is 0 Å². The van der Waals surface area contributed by atoms with E-state index in [0.717, 1.165) is 38.3 Å². The van der Waals surface area contributed by atoms with Crippen molar-refractivity contribution in [3.63, 3.8) is 0 Å². The minimum atomic E-state index is -0.222. The van der Waals surface area contributed by atoms with E-state index >= 15 is 0 Å². The standard InChI is InChI=1S/C17H27N3O2/c1-3-22-17(21)20(15-16-7-5-4-6-8-16)14-13-19-11-9-18(2)10-12-19/h4-8H,3,9-15H2,1-2H3. The van der Waals surface area contributed by atoms with E-state index in [0.29, 0.717) is 19.7 Å². The molecule has 5 heteroatoms. The molecular formula is C17H27N3O2. The molecular weight excluding hydrogens is 278 g/mol.